The molecule has 0 fully saturated rings. The van der Waals surface area contributed by atoms with Gasteiger partial charge in [0.05, 0.1) is 0 Å². The molecule has 0 amide bonds. The first-order chi connectivity index (χ1) is 8.69. The Hall–Kier alpha value is -1.96. The van der Waals surface area contributed by atoms with Crippen molar-refractivity contribution in [1.82, 2.24) is 0 Å². The fourth-order valence-electron chi connectivity index (χ4n) is 2.02. The Kier molecular flexibility index (Phi) is 3.88. The van der Waals surface area contributed by atoms with E-state index in [0.29, 0.717) is 0 Å². The largest absolute Gasteiger partial charge is 0.399 e. The van der Waals surface area contributed by atoms with E-state index in [-0.39, 0.29) is 0 Å². The summed E-state index contributed by atoms with van der Waals surface area (Å²) in [5.74, 6) is 0. The van der Waals surface area contributed by atoms with E-state index in [1.54, 1.807) is 0 Å². The van der Waals surface area contributed by atoms with Crippen molar-refractivity contribution in [3.63, 3.8) is 0 Å². The molecule has 0 atom stereocenters. The van der Waals surface area contributed by atoms with Crippen molar-refractivity contribution in [2.45, 2.75) is 20.4 Å². The van der Waals surface area contributed by atoms with Crippen LogP contribution >= 0.6 is 0 Å². The lowest BCUT2D eigenvalue weighted by atomic mass is 10.1. The van der Waals surface area contributed by atoms with Crippen LogP contribution in [0.2, 0.25) is 0 Å². The van der Waals surface area contributed by atoms with E-state index in [4.69, 9.17) is 5.73 Å². The molecule has 0 aromatic heterocycles. The highest BCUT2D eigenvalue weighted by atomic mass is 15.1. The van der Waals surface area contributed by atoms with E-state index >= 15 is 0 Å². The molecule has 0 spiro atoms. The van der Waals surface area contributed by atoms with Crippen molar-refractivity contribution < 1.29 is 0 Å². The molecule has 0 saturated carbocycles. The van der Waals surface area contributed by atoms with Crippen LogP contribution in [0.25, 0.3) is 0 Å². The van der Waals surface area contributed by atoms with Gasteiger partial charge in [0.25, 0.3) is 0 Å². The summed E-state index contributed by atoms with van der Waals surface area (Å²) in [6.45, 7) is 6.16. The highest BCUT2D eigenvalue weighted by molar-refractivity contribution is 5.56. The molecule has 2 heteroatoms. The number of hydrogen-bond donors (Lipinski definition) is 1. The first-order valence-electron chi connectivity index (χ1n) is 6.35. The van der Waals surface area contributed by atoms with Crippen LogP contribution in [0.4, 0.5) is 11.4 Å². The number of aryl methyl sites for hydroxylation is 1. The molecule has 0 aliphatic rings. The van der Waals surface area contributed by atoms with Crippen molar-refractivity contribution in [2.75, 3.05) is 17.2 Å². The molecule has 2 nitrogen and oxygen atoms in total. The second-order valence-corrected chi connectivity index (χ2v) is 4.59. The zero-order valence-electron chi connectivity index (χ0n) is 11.1. The molecule has 2 aromatic carbocycles. The van der Waals surface area contributed by atoms with Crippen molar-refractivity contribution in [2.24, 2.45) is 0 Å². The van der Waals surface area contributed by atoms with Crippen LogP contribution in [0.15, 0.2) is 48.5 Å². The topological polar surface area (TPSA) is 29.3 Å². The molecular weight excluding hydrogens is 220 g/mol. The van der Waals surface area contributed by atoms with Crippen LogP contribution in [0.3, 0.4) is 0 Å². The molecule has 2 N–H and O–H groups in total. The molecule has 0 unspecified atom stereocenters. The Balaban J connectivity index is 2.17. The molecule has 18 heavy (non-hydrogen) atoms. The lowest BCUT2D eigenvalue weighted by molar-refractivity contribution is 0.832. The number of hydrogen-bond acceptors (Lipinski definition) is 2. The summed E-state index contributed by atoms with van der Waals surface area (Å²) in [7, 11) is 0. The Morgan fingerprint density at radius 3 is 2.39 bits per heavy atom. The summed E-state index contributed by atoms with van der Waals surface area (Å²) in [5.41, 5.74) is 10.5. The highest BCUT2D eigenvalue weighted by Gasteiger charge is 2.05. The van der Waals surface area contributed by atoms with E-state index in [1.807, 2.05) is 18.2 Å². The predicted molar refractivity (Wildman–Crippen MR) is 78.8 cm³/mol. The smallest absolute Gasteiger partial charge is 0.0429 e. The summed E-state index contributed by atoms with van der Waals surface area (Å²) >= 11 is 0. The molecular formula is C16H20N2. The summed E-state index contributed by atoms with van der Waals surface area (Å²) < 4.78 is 0. The van der Waals surface area contributed by atoms with Crippen LogP contribution in [0.1, 0.15) is 18.1 Å². The minimum atomic E-state index is 0.815. The van der Waals surface area contributed by atoms with Gasteiger partial charge in [-0.1, -0.05) is 35.9 Å². The Labute approximate surface area is 109 Å². The minimum absolute atomic E-state index is 0.815. The van der Waals surface area contributed by atoms with Crippen LogP contribution in [-0.4, -0.2) is 6.54 Å². The first kappa shape index (κ1) is 12.5. The van der Waals surface area contributed by atoms with Crippen LogP contribution in [-0.2, 0) is 6.54 Å². The average molecular weight is 240 g/mol. The summed E-state index contributed by atoms with van der Waals surface area (Å²) in [6.07, 6.45) is 0. The van der Waals surface area contributed by atoms with E-state index < -0.39 is 0 Å². The van der Waals surface area contributed by atoms with Gasteiger partial charge in [-0.15, -0.1) is 0 Å². The molecule has 0 heterocycles. The first-order valence-corrected chi connectivity index (χ1v) is 6.35. The number of nitrogens with zero attached hydrogens (tertiary/aromatic N) is 1. The van der Waals surface area contributed by atoms with Gasteiger partial charge in [-0.2, -0.15) is 0 Å². The number of benzene rings is 2. The SMILES string of the molecule is CCN(Cc1ccc(C)cc1)c1cccc(N)c1. The molecule has 0 bridgehead atoms. The van der Waals surface area contributed by atoms with Crippen LogP contribution < -0.4 is 10.6 Å². The quantitative estimate of drug-likeness (QED) is 0.827. The standard InChI is InChI=1S/C16H20N2/c1-3-18(16-6-4-5-15(17)11-16)12-14-9-7-13(2)8-10-14/h4-11H,3,12,17H2,1-2H3. The zero-order valence-corrected chi connectivity index (χ0v) is 11.1. The van der Waals surface area contributed by atoms with Crippen molar-refractivity contribution in [3.05, 3.63) is 59.7 Å². The van der Waals surface area contributed by atoms with Gasteiger partial charge < -0.3 is 10.6 Å². The lowest BCUT2D eigenvalue weighted by Gasteiger charge is -2.23. The van der Waals surface area contributed by atoms with Gasteiger partial charge in [0.1, 0.15) is 0 Å². The number of rotatable bonds is 4. The monoisotopic (exact) mass is 240 g/mol. The van der Waals surface area contributed by atoms with Crippen molar-refractivity contribution >= 4 is 11.4 Å². The number of nitrogen functional groups attached to an aromatic ring is 1. The van der Waals surface area contributed by atoms with Gasteiger partial charge in [0, 0.05) is 24.5 Å². The van der Waals surface area contributed by atoms with Crippen molar-refractivity contribution in [3.8, 4) is 0 Å². The van der Waals surface area contributed by atoms with E-state index in [2.05, 4.69) is 49.1 Å². The third-order valence-corrected chi connectivity index (χ3v) is 3.11. The second-order valence-electron chi connectivity index (χ2n) is 4.59. The second kappa shape index (κ2) is 5.58. The average Bonchev–Trinajstić information content (AvgIpc) is 2.38. The predicted octanol–water partition coefficient (Wildman–Crippen LogP) is 3.60. The third-order valence-electron chi connectivity index (χ3n) is 3.11. The third kappa shape index (κ3) is 3.04. The molecule has 94 valence electrons. The Morgan fingerprint density at radius 2 is 1.78 bits per heavy atom. The molecule has 0 radical (unpaired) electrons. The van der Waals surface area contributed by atoms with Gasteiger partial charge in [-0.05, 0) is 37.6 Å². The summed E-state index contributed by atoms with van der Waals surface area (Å²) in [6, 6.07) is 16.7. The van der Waals surface area contributed by atoms with Gasteiger partial charge in [-0.25, -0.2) is 0 Å². The molecule has 2 aromatic rings. The molecule has 0 aliphatic heterocycles. The van der Waals surface area contributed by atoms with Gasteiger partial charge in [-0.3, -0.25) is 0 Å². The molecule has 0 aliphatic carbocycles. The fourth-order valence-corrected chi connectivity index (χ4v) is 2.02. The maximum absolute atomic E-state index is 5.84. The lowest BCUT2D eigenvalue weighted by Crippen LogP contribution is -2.21. The fraction of sp³-hybridized carbons (Fsp3) is 0.250. The van der Waals surface area contributed by atoms with E-state index in [1.165, 1.54) is 16.8 Å². The minimum Gasteiger partial charge on any atom is -0.399 e. The summed E-state index contributed by atoms with van der Waals surface area (Å²) in [5, 5.41) is 0. The van der Waals surface area contributed by atoms with Crippen LogP contribution in [0, 0.1) is 6.92 Å². The normalized spacial score (nSPS) is 10.3. The van der Waals surface area contributed by atoms with Gasteiger partial charge >= 0.3 is 0 Å². The molecule has 2 rings (SSSR count). The Bertz CT molecular complexity index is 503. The van der Waals surface area contributed by atoms with Gasteiger partial charge in [0.15, 0.2) is 0 Å². The van der Waals surface area contributed by atoms with Crippen molar-refractivity contribution in [1.29, 1.82) is 0 Å². The maximum atomic E-state index is 5.84. The van der Waals surface area contributed by atoms with E-state index in [9.17, 15) is 0 Å². The Morgan fingerprint density at radius 1 is 1.06 bits per heavy atom. The zero-order chi connectivity index (χ0) is 13.0. The highest BCUT2D eigenvalue weighted by Crippen LogP contribution is 2.19. The number of nitrogens with two attached hydrogens (primary N) is 1. The number of anilines is 2. The maximum Gasteiger partial charge on any atom is 0.0429 e. The van der Waals surface area contributed by atoms with Crippen LogP contribution in [0.5, 0.6) is 0 Å². The van der Waals surface area contributed by atoms with Gasteiger partial charge in [0.2, 0.25) is 0 Å². The summed E-state index contributed by atoms with van der Waals surface area (Å²) in [4.78, 5) is 2.32. The van der Waals surface area contributed by atoms with E-state index in [0.717, 1.165) is 18.8 Å². The molecule has 0 saturated heterocycles.